The van der Waals surface area contributed by atoms with Crippen molar-refractivity contribution in [1.29, 1.82) is 0 Å². The van der Waals surface area contributed by atoms with E-state index in [2.05, 4.69) is 15.6 Å². The van der Waals surface area contributed by atoms with E-state index < -0.39 is 17.2 Å². The predicted molar refractivity (Wildman–Crippen MR) is 98.0 cm³/mol. The summed E-state index contributed by atoms with van der Waals surface area (Å²) >= 11 is 0. The number of pyridine rings is 1. The average molecular weight is 364 g/mol. The molecule has 2 heterocycles. The lowest BCUT2D eigenvalue weighted by Crippen LogP contribution is -2.59. The summed E-state index contributed by atoms with van der Waals surface area (Å²) in [6.07, 6.45) is 3.61. The maximum absolute atomic E-state index is 12.4. The Labute approximate surface area is 153 Å². The van der Waals surface area contributed by atoms with Gasteiger partial charge in [-0.1, -0.05) is 0 Å². The molecule has 1 aromatic rings. The highest BCUT2D eigenvalue weighted by atomic mass is 16.6. The van der Waals surface area contributed by atoms with Crippen molar-refractivity contribution in [2.75, 3.05) is 25.0 Å². The third kappa shape index (κ3) is 5.32. The lowest BCUT2D eigenvalue weighted by Gasteiger charge is -2.41. The van der Waals surface area contributed by atoms with Gasteiger partial charge in [0, 0.05) is 19.3 Å². The molecule has 144 valence electrons. The monoisotopic (exact) mass is 364 g/mol. The molecule has 1 aliphatic rings. The zero-order valence-electron chi connectivity index (χ0n) is 15.8. The highest BCUT2D eigenvalue weighted by Gasteiger charge is 2.38. The first-order chi connectivity index (χ1) is 12.1. The summed E-state index contributed by atoms with van der Waals surface area (Å²) < 4.78 is 5.27. The number of carbonyl (C=O) groups is 2. The molecule has 1 saturated heterocycles. The average Bonchev–Trinajstić information content (AvgIpc) is 2.55. The van der Waals surface area contributed by atoms with Gasteiger partial charge in [0.2, 0.25) is 0 Å². The minimum absolute atomic E-state index is 0.205. The molecule has 0 spiro atoms. The molecule has 0 atom stereocenters. The molecule has 1 aromatic heterocycles. The summed E-state index contributed by atoms with van der Waals surface area (Å²) in [5.41, 5.74) is 0.219. The van der Waals surface area contributed by atoms with Crippen LogP contribution in [0.3, 0.4) is 0 Å². The van der Waals surface area contributed by atoms with Gasteiger partial charge in [0.15, 0.2) is 0 Å². The number of likely N-dealkylation sites (tertiary alicyclic amines) is 1. The Kier molecular flexibility index (Phi) is 6.07. The zero-order chi connectivity index (χ0) is 19.4. The van der Waals surface area contributed by atoms with Crippen molar-refractivity contribution in [2.45, 2.75) is 51.7 Å². The normalized spacial score (nSPS) is 16.7. The number of anilines is 1. The van der Waals surface area contributed by atoms with Crippen LogP contribution in [-0.4, -0.2) is 58.0 Å². The van der Waals surface area contributed by atoms with Gasteiger partial charge in [-0.3, -0.25) is 4.98 Å². The molecule has 0 radical (unpaired) electrons. The summed E-state index contributed by atoms with van der Waals surface area (Å²) in [7, 11) is 0. The molecule has 1 fully saturated rings. The second-order valence-electron chi connectivity index (χ2n) is 7.67. The molecule has 2 rings (SSSR count). The first-order valence-corrected chi connectivity index (χ1v) is 8.73. The van der Waals surface area contributed by atoms with Crippen molar-refractivity contribution in [2.24, 2.45) is 0 Å². The number of alkyl carbamates (subject to hydrolysis) is 1. The van der Waals surface area contributed by atoms with Crippen molar-refractivity contribution < 1.29 is 19.4 Å². The molecule has 0 unspecified atom stereocenters. The summed E-state index contributed by atoms with van der Waals surface area (Å²) in [4.78, 5) is 30.2. The third-order valence-corrected chi connectivity index (χ3v) is 4.36. The van der Waals surface area contributed by atoms with Gasteiger partial charge in [0.05, 0.1) is 24.0 Å². The number of hydrogen-bond acceptors (Lipinski definition) is 5. The number of ether oxygens (including phenoxy) is 1. The van der Waals surface area contributed by atoms with Crippen LogP contribution in [0.1, 0.15) is 39.2 Å². The van der Waals surface area contributed by atoms with Gasteiger partial charge >= 0.3 is 12.1 Å². The largest absolute Gasteiger partial charge is 0.444 e. The van der Waals surface area contributed by atoms with Crippen LogP contribution in [0.25, 0.3) is 0 Å². The summed E-state index contributed by atoms with van der Waals surface area (Å²) in [6, 6.07) is 1.61. The van der Waals surface area contributed by atoms with E-state index in [1.807, 2.05) is 13.0 Å². The third-order valence-electron chi connectivity index (χ3n) is 4.36. The first-order valence-electron chi connectivity index (χ1n) is 8.73. The lowest BCUT2D eigenvalue weighted by molar-refractivity contribution is 0.0307. The minimum atomic E-state index is -0.774. The van der Waals surface area contributed by atoms with E-state index in [9.17, 15) is 14.7 Å². The minimum Gasteiger partial charge on any atom is -0.444 e. The first kappa shape index (κ1) is 20.0. The quantitative estimate of drug-likeness (QED) is 0.763. The smallest absolute Gasteiger partial charge is 0.408 e. The van der Waals surface area contributed by atoms with Gasteiger partial charge in [-0.15, -0.1) is 0 Å². The number of nitrogens with zero attached hydrogens (tertiary/aromatic N) is 2. The molecule has 3 amide bonds. The molecule has 26 heavy (non-hydrogen) atoms. The maximum atomic E-state index is 12.4. The fourth-order valence-electron chi connectivity index (χ4n) is 2.77. The van der Waals surface area contributed by atoms with Gasteiger partial charge in [-0.05, 0) is 52.2 Å². The van der Waals surface area contributed by atoms with Gasteiger partial charge in [0.25, 0.3) is 0 Å². The lowest BCUT2D eigenvalue weighted by atomic mass is 9.88. The molecule has 0 aromatic carbocycles. The summed E-state index contributed by atoms with van der Waals surface area (Å²) in [5, 5.41) is 15.4. The number of amides is 3. The Morgan fingerprint density at radius 1 is 1.35 bits per heavy atom. The Morgan fingerprint density at radius 3 is 2.54 bits per heavy atom. The number of nitrogens with one attached hydrogen (secondary N) is 2. The van der Waals surface area contributed by atoms with Crippen LogP contribution < -0.4 is 10.6 Å². The number of aryl methyl sites for hydroxylation is 1. The SMILES string of the molecule is Cc1ccncc1NC(=O)N1CCC(CO)(NC(=O)OC(C)(C)C)CC1. The number of hydrogen-bond donors (Lipinski definition) is 3. The van der Waals surface area contributed by atoms with E-state index in [-0.39, 0.29) is 12.6 Å². The Balaban J connectivity index is 1.92. The molecule has 0 saturated carbocycles. The van der Waals surface area contributed by atoms with Gasteiger partial charge in [0.1, 0.15) is 5.60 Å². The number of rotatable bonds is 3. The van der Waals surface area contributed by atoms with Gasteiger partial charge < -0.3 is 25.4 Å². The Morgan fingerprint density at radius 2 is 2.00 bits per heavy atom. The van der Waals surface area contributed by atoms with Gasteiger partial charge in [-0.25, -0.2) is 9.59 Å². The van der Waals surface area contributed by atoms with Crippen molar-refractivity contribution in [3.63, 3.8) is 0 Å². The van der Waals surface area contributed by atoms with Crippen LogP contribution in [0.4, 0.5) is 15.3 Å². The molecule has 0 bridgehead atoms. The zero-order valence-corrected chi connectivity index (χ0v) is 15.8. The van der Waals surface area contributed by atoms with E-state index in [4.69, 9.17) is 4.74 Å². The highest BCUT2D eigenvalue weighted by Crippen LogP contribution is 2.24. The molecule has 0 aliphatic carbocycles. The Hall–Kier alpha value is -2.35. The van der Waals surface area contributed by atoms with Crippen molar-refractivity contribution >= 4 is 17.8 Å². The standard InChI is InChI=1S/C18H28N4O4/c1-13-5-8-19-11-14(13)20-15(24)22-9-6-18(12-23,7-10-22)21-16(25)26-17(2,3)4/h5,8,11,23H,6-7,9-10,12H2,1-4H3,(H,20,24)(H,21,25). The number of carbonyl (C=O) groups excluding carboxylic acids is 2. The van der Waals surface area contributed by atoms with E-state index in [0.717, 1.165) is 5.56 Å². The molecular weight excluding hydrogens is 336 g/mol. The number of aliphatic hydroxyl groups is 1. The van der Waals surface area contributed by atoms with Crippen LogP contribution in [0.5, 0.6) is 0 Å². The fourth-order valence-corrected chi connectivity index (χ4v) is 2.77. The highest BCUT2D eigenvalue weighted by molar-refractivity contribution is 5.90. The van der Waals surface area contributed by atoms with Crippen molar-refractivity contribution in [3.8, 4) is 0 Å². The fraction of sp³-hybridized carbons (Fsp3) is 0.611. The van der Waals surface area contributed by atoms with Crippen LogP contribution in [-0.2, 0) is 4.74 Å². The van der Waals surface area contributed by atoms with Crippen LogP contribution >= 0.6 is 0 Å². The van der Waals surface area contributed by atoms with E-state index in [1.54, 1.807) is 38.1 Å². The van der Waals surface area contributed by atoms with Gasteiger partial charge in [-0.2, -0.15) is 0 Å². The van der Waals surface area contributed by atoms with E-state index in [0.29, 0.717) is 31.6 Å². The van der Waals surface area contributed by atoms with Crippen LogP contribution in [0, 0.1) is 6.92 Å². The van der Waals surface area contributed by atoms with E-state index in [1.165, 1.54) is 0 Å². The molecule has 3 N–H and O–H groups in total. The van der Waals surface area contributed by atoms with Crippen LogP contribution in [0.15, 0.2) is 18.5 Å². The van der Waals surface area contributed by atoms with Crippen molar-refractivity contribution in [3.05, 3.63) is 24.0 Å². The van der Waals surface area contributed by atoms with Crippen molar-refractivity contribution in [1.82, 2.24) is 15.2 Å². The maximum Gasteiger partial charge on any atom is 0.408 e. The molecule has 8 heteroatoms. The number of piperidine rings is 1. The van der Waals surface area contributed by atoms with E-state index >= 15 is 0 Å². The molecule has 8 nitrogen and oxygen atoms in total. The number of aromatic nitrogens is 1. The molecular formula is C18H28N4O4. The Bertz CT molecular complexity index is 649. The second kappa shape index (κ2) is 7.90. The topological polar surface area (TPSA) is 104 Å². The predicted octanol–water partition coefficient (Wildman–Crippen LogP) is 2.27. The number of urea groups is 1. The second-order valence-corrected chi connectivity index (χ2v) is 7.67. The number of aliphatic hydroxyl groups excluding tert-OH is 1. The molecule has 1 aliphatic heterocycles. The summed E-state index contributed by atoms with van der Waals surface area (Å²) in [6.45, 7) is 7.88. The summed E-state index contributed by atoms with van der Waals surface area (Å²) in [5.74, 6) is 0. The van der Waals surface area contributed by atoms with Crippen LogP contribution in [0.2, 0.25) is 0 Å².